The highest BCUT2D eigenvalue weighted by atomic mass is 16.6. The topological polar surface area (TPSA) is 90.5 Å². The summed E-state index contributed by atoms with van der Waals surface area (Å²) in [5.74, 6) is -0.411. The van der Waals surface area contributed by atoms with Crippen LogP contribution in [0, 0.1) is 10.1 Å². The first kappa shape index (κ1) is 14.4. The van der Waals surface area contributed by atoms with Gasteiger partial charge in [0.1, 0.15) is 6.20 Å². The minimum atomic E-state index is -0.570. The number of hydrogen-bond donors (Lipinski definition) is 0. The number of carbonyl (C=O) groups is 1. The molecular formula is C12H18N4O4. The quantitative estimate of drug-likeness (QED) is 0.610. The third-order valence-corrected chi connectivity index (χ3v) is 3.17. The Kier molecular flexibility index (Phi) is 4.03. The van der Waals surface area contributed by atoms with Gasteiger partial charge in [-0.2, -0.15) is 5.10 Å². The standard InChI is InChI=1S/C12H18N4O4/c1-4-15-7-10(16(18)19)11(13-15)12(17)14-5-8(2)20-9(3)6-14/h7-9H,4-6H2,1-3H3/t8-,9-/m0/s1. The van der Waals surface area contributed by atoms with Crippen LogP contribution in [-0.4, -0.2) is 50.8 Å². The van der Waals surface area contributed by atoms with Crippen LogP contribution in [0.2, 0.25) is 0 Å². The van der Waals surface area contributed by atoms with Crippen LogP contribution in [0.15, 0.2) is 6.20 Å². The Morgan fingerprint density at radius 1 is 1.50 bits per heavy atom. The molecule has 2 atom stereocenters. The van der Waals surface area contributed by atoms with E-state index in [4.69, 9.17) is 4.74 Å². The van der Waals surface area contributed by atoms with E-state index in [1.54, 1.807) is 4.90 Å². The molecule has 1 aromatic rings. The highest BCUT2D eigenvalue weighted by molar-refractivity contribution is 5.96. The SMILES string of the molecule is CCn1cc([N+](=O)[O-])c(C(=O)N2C[C@H](C)O[C@@H](C)C2)n1. The van der Waals surface area contributed by atoms with Crippen molar-refractivity contribution < 1.29 is 14.5 Å². The van der Waals surface area contributed by atoms with Crippen LogP contribution in [0.5, 0.6) is 0 Å². The van der Waals surface area contributed by atoms with E-state index in [2.05, 4.69) is 5.10 Å². The van der Waals surface area contributed by atoms with E-state index >= 15 is 0 Å². The Labute approximate surface area is 116 Å². The largest absolute Gasteiger partial charge is 0.372 e. The van der Waals surface area contributed by atoms with Gasteiger partial charge in [0, 0.05) is 19.6 Å². The maximum absolute atomic E-state index is 12.4. The average Bonchev–Trinajstić information content (AvgIpc) is 2.81. The molecule has 0 aliphatic carbocycles. The molecule has 1 aromatic heterocycles. The Balaban J connectivity index is 2.28. The zero-order chi connectivity index (χ0) is 14.9. The van der Waals surface area contributed by atoms with Gasteiger partial charge in [0.05, 0.1) is 17.1 Å². The summed E-state index contributed by atoms with van der Waals surface area (Å²) in [5.41, 5.74) is -0.346. The zero-order valence-corrected chi connectivity index (χ0v) is 11.8. The van der Waals surface area contributed by atoms with Crippen LogP contribution < -0.4 is 0 Å². The minimum absolute atomic E-state index is 0.0879. The van der Waals surface area contributed by atoms with E-state index in [-0.39, 0.29) is 23.6 Å². The van der Waals surface area contributed by atoms with E-state index in [9.17, 15) is 14.9 Å². The third-order valence-electron chi connectivity index (χ3n) is 3.17. The summed E-state index contributed by atoms with van der Waals surface area (Å²) in [5, 5.41) is 15.0. The highest BCUT2D eigenvalue weighted by Crippen LogP contribution is 2.21. The van der Waals surface area contributed by atoms with Gasteiger partial charge in [0.15, 0.2) is 0 Å². The number of carbonyl (C=O) groups excluding carboxylic acids is 1. The molecule has 2 heterocycles. The number of amides is 1. The summed E-state index contributed by atoms with van der Waals surface area (Å²) in [7, 11) is 0. The Morgan fingerprint density at radius 3 is 2.60 bits per heavy atom. The van der Waals surface area contributed by atoms with Gasteiger partial charge in [-0.1, -0.05) is 0 Å². The van der Waals surface area contributed by atoms with Crippen molar-refractivity contribution in [1.82, 2.24) is 14.7 Å². The lowest BCUT2D eigenvalue weighted by molar-refractivity contribution is -0.385. The fraction of sp³-hybridized carbons (Fsp3) is 0.667. The molecule has 0 aromatic carbocycles. The molecule has 0 spiro atoms. The predicted molar refractivity (Wildman–Crippen MR) is 70.5 cm³/mol. The molecule has 1 fully saturated rings. The van der Waals surface area contributed by atoms with Crippen LogP contribution in [0.3, 0.4) is 0 Å². The van der Waals surface area contributed by atoms with E-state index in [1.165, 1.54) is 10.9 Å². The molecule has 8 heteroatoms. The molecule has 0 radical (unpaired) electrons. The Morgan fingerprint density at radius 2 is 2.10 bits per heavy atom. The molecule has 8 nitrogen and oxygen atoms in total. The van der Waals surface area contributed by atoms with Gasteiger partial charge < -0.3 is 9.64 Å². The number of nitro groups is 1. The predicted octanol–water partition coefficient (Wildman–Crippen LogP) is 1.06. The highest BCUT2D eigenvalue weighted by Gasteiger charge is 2.33. The normalized spacial score (nSPS) is 22.9. The number of ether oxygens (including phenoxy) is 1. The van der Waals surface area contributed by atoms with Crippen LogP contribution >= 0.6 is 0 Å². The fourth-order valence-electron chi connectivity index (χ4n) is 2.35. The minimum Gasteiger partial charge on any atom is -0.372 e. The summed E-state index contributed by atoms with van der Waals surface area (Å²) < 4.78 is 6.95. The maximum Gasteiger partial charge on any atom is 0.320 e. The first-order valence-corrected chi connectivity index (χ1v) is 6.59. The van der Waals surface area contributed by atoms with Crippen LogP contribution in [0.4, 0.5) is 5.69 Å². The smallest absolute Gasteiger partial charge is 0.320 e. The maximum atomic E-state index is 12.4. The van der Waals surface area contributed by atoms with Gasteiger partial charge in [-0.25, -0.2) is 0 Å². The number of rotatable bonds is 3. The molecule has 0 saturated carbocycles. The van der Waals surface area contributed by atoms with E-state index in [0.717, 1.165) is 0 Å². The number of nitrogens with zero attached hydrogens (tertiary/aromatic N) is 4. The van der Waals surface area contributed by atoms with Crippen molar-refractivity contribution in [3.05, 3.63) is 22.0 Å². The Hall–Kier alpha value is -1.96. The summed E-state index contributed by atoms with van der Waals surface area (Å²) in [6.07, 6.45) is 1.12. The van der Waals surface area contributed by atoms with Gasteiger partial charge in [0.2, 0.25) is 5.69 Å². The summed E-state index contributed by atoms with van der Waals surface area (Å²) >= 11 is 0. The molecule has 0 bridgehead atoms. The second-order valence-electron chi connectivity index (χ2n) is 4.94. The number of aryl methyl sites for hydroxylation is 1. The summed E-state index contributed by atoms with van der Waals surface area (Å²) in [6.45, 7) is 6.86. The van der Waals surface area contributed by atoms with Crippen molar-refractivity contribution in [3.8, 4) is 0 Å². The van der Waals surface area contributed by atoms with Crippen molar-refractivity contribution in [2.24, 2.45) is 0 Å². The number of morpholine rings is 1. The van der Waals surface area contributed by atoms with Crippen LogP contribution in [0.1, 0.15) is 31.3 Å². The van der Waals surface area contributed by atoms with Gasteiger partial charge in [-0.05, 0) is 20.8 Å². The Bertz CT molecular complexity index is 518. The zero-order valence-electron chi connectivity index (χ0n) is 11.8. The lowest BCUT2D eigenvalue weighted by Gasteiger charge is -2.34. The van der Waals surface area contributed by atoms with Crippen molar-refractivity contribution in [1.29, 1.82) is 0 Å². The third kappa shape index (κ3) is 2.79. The molecular weight excluding hydrogens is 264 g/mol. The summed E-state index contributed by atoms with van der Waals surface area (Å²) in [6, 6.07) is 0. The molecule has 110 valence electrons. The summed E-state index contributed by atoms with van der Waals surface area (Å²) in [4.78, 5) is 24.5. The fourth-order valence-corrected chi connectivity index (χ4v) is 2.35. The second kappa shape index (κ2) is 5.58. The molecule has 1 saturated heterocycles. The van der Waals surface area contributed by atoms with Crippen LogP contribution in [-0.2, 0) is 11.3 Å². The lowest BCUT2D eigenvalue weighted by Crippen LogP contribution is -2.48. The molecule has 1 amide bonds. The van der Waals surface area contributed by atoms with Gasteiger partial charge in [-0.3, -0.25) is 19.6 Å². The van der Waals surface area contributed by atoms with Gasteiger partial charge >= 0.3 is 5.69 Å². The first-order chi connectivity index (χ1) is 9.42. The van der Waals surface area contributed by atoms with Crippen molar-refractivity contribution >= 4 is 11.6 Å². The van der Waals surface area contributed by atoms with E-state index in [1.807, 2.05) is 20.8 Å². The van der Waals surface area contributed by atoms with Gasteiger partial charge in [0.25, 0.3) is 5.91 Å². The van der Waals surface area contributed by atoms with E-state index < -0.39 is 10.8 Å². The number of aromatic nitrogens is 2. The molecule has 20 heavy (non-hydrogen) atoms. The van der Waals surface area contributed by atoms with Crippen molar-refractivity contribution in [2.75, 3.05) is 13.1 Å². The van der Waals surface area contributed by atoms with Gasteiger partial charge in [-0.15, -0.1) is 0 Å². The molecule has 2 rings (SSSR count). The monoisotopic (exact) mass is 282 g/mol. The molecule has 1 aliphatic heterocycles. The van der Waals surface area contributed by atoms with Crippen molar-refractivity contribution in [2.45, 2.75) is 39.5 Å². The molecule has 0 N–H and O–H groups in total. The first-order valence-electron chi connectivity index (χ1n) is 6.59. The molecule has 0 unspecified atom stereocenters. The lowest BCUT2D eigenvalue weighted by atomic mass is 10.2. The average molecular weight is 282 g/mol. The number of hydrogen-bond acceptors (Lipinski definition) is 5. The van der Waals surface area contributed by atoms with Crippen molar-refractivity contribution in [3.63, 3.8) is 0 Å². The second-order valence-corrected chi connectivity index (χ2v) is 4.94. The molecule has 1 aliphatic rings. The van der Waals surface area contributed by atoms with Crippen LogP contribution in [0.25, 0.3) is 0 Å². The van der Waals surface area contributed by atoms with E-state index in [0.29, 0.717) is 19.6 Å².